The Balaban J connectivity index is 4.76. The number of amides is 1. The number of rotatable bonds is 12. The highest BCUT2D eigenvalue weighted by atomic mass is 16.6. The number of hydrogen-bond donors (Lipinski definition) is 3. The molecule has 0 aromatic rings. The average Bonchev–Trinajstić information content (AvgIpc) is 2.59. The molecule has 0 bridgehead atoms. The Morgan fingerprint density at radius 1 is 1.00 bits per heavy atom. The quantitative estimate of drug-likeness (QED) is 0.272. The van der Waals surface area contributed by atoms with Crippen LogP contribution in [0, 0.1) is 0 Å². The summed E-state index contributed by atoms with van der Waals surface area (Å²) < 4.78 is 10.8. The maximum absolute atomic E-state index is 12.2. The molecule has 0 unspecified atom stereocenters. The number of nitrogens with one attached hydrogen (secondary N) is 3. The number of aliphatic imine (C=N–C) groups is 1. The molecule has 0 aliphatic rings. The summed E-state index contributed by atoms with van der Waals surface area (Å²) in [6.07, 6.45) is 3.21. The van der Waals surface area contributed by atoms with Gasteiger partial charge < -0.3 is 25.4 Å². The van der Waals surface area contributed by atoms with Crippen molar-refractivity contribution in [2.45, 2.75) is 85.3 Å². The smallest absolute Gasteiger partial charge is 0.408 e. The summed E-state index contributed by atoms with van der Waals surface area (Å²) in [5, 5.41) is 9.64. The summed E-state index contributed by atoms with van der Waals surface area (Å²) in [4.78, 5) is 16.9. The summed E-state index contributed by atoms with van der Waals surface area (Å²) in [7, 11) is 0. The van der Waals surface area contributed by atoms with Gasteiger partial charge >= 0.3 is 6.09 Å². The van der Waals surface area contributed by atoms with Crippen molar-refractivity contribution in [3.05, 3.63) is 0 Å². The lowest BCUT2D eigenvalue weighted by Crippen LogP contribution is -2.52. The van der Waals surface area contributed by atoms with Crippen LogP contribution in [-0.4, -0.2) is 56.0 Å². The van der Waals surface area contributed by atoms with Crippen LogP contribution in [0.1, 0.15) is 74.1 Å². The molecule has 27 heavy (non-hydrogen) atoms. The van der Waals surface area contributed by atoms with Crippen LogP contribution in [0.5, 0.6) is 0 Å². The molecule has 1 amide bonds. The van der Waals surface area contributed by atoms with Crippen molar-refractivity contribution in [3.63, 3.8) is 0 Å². The zero-order chi connectivity index (χ0) is 20.8. The first kappa shape index (κ1) is 25.5. The molecule has 3 N–H and O–H groups in total. The SMILES string of the molecule is CCNC(=NCC(CC)(CC)NC(=O)OC(C)(C)C)NCCCCOCC. The van der Waals surface area contributed by atoms with Gasteiger partial charge in [0.2, 0.25) is 0 Å². The van der Waals surface area contributed by atoms with Crippen LogP contribution in [0.2, 0.25) is 0 Å². The summed E-state index contributed by atoms with van der Waals surface area (Å²) in [5.41, 5.74) is -0.932. The molecule has 7 heteroatoms. The molecule has 7 nitrogen and oxygen atoms in total. The Morgan fingerprint density at radius 2 is 1.67 bits per heavy atom. The zero-order valence-electron chi connectivity index (χ0n) is 18.5. The van der Waals surface area contributed by atoms with Crippen LogP contribution in [0.25, 0.3) is 0 Å². The molecule has 0 rings (SSSR count). The minimum Gasteiger partial charge on any atom is -0.444 e. The maximum Gasteiger partial charge on any atom is 0.408 e. The summed E-state index contributed by atoms with van der Waals surface area (Å²) in [5.74, 6) is 0.770. The van der Waals surface area contributed by atoms with E-state index < -0.39 is 17.2 Å². The molecule has 160 valence electrons. The first-order chi connectivity index (χ1) is 12.7. The molecule has 0 atom stereocenters. The van der Waals surface area contributed by atoms with Crippen LogP contribution < -0.4 is 16.0 Å². The van der Waals surface area contributed by atoms with Gasteiger partial charge in [-0.15, -0.1) is 0 Å². The minimum atomic E-state index is -0.515. The fourth-order valence-corrected chi connectivity index (χ4v) is 2.46. The molecule has 0 aromatic carbocycles. The molecule has 0 spiro atoms. The molecular formula is C20H42N4O3. The van der Waals surface area contributed by atoms with Gasteiger partial charge in [0.1, 0.15) is 5.60 Å². The van der Waals surface area contributed by atoms with Crippen LogP contribution in [0.3, 0.4) is 0 Å². The van der Waals surface area contributed by atoms with E-state index in [1.54, 1.807) is 0 Å². The van der Waals surface area contributed by atoms with Gasteiger partial charge in [0.05, 0.1) is 12.1 Å². The minimum absolute atomic E-state index is 0.393. The fraction of sp³-hybridized carbons (Fsp3) is 0.900. The van der Waals surface area contributed by atoms with E-state index in [1.165, 1.54) is 0 Å². The number of guanidine groups is 1. The lowest BCUT2D eigenvalue weighted by atomic mass is 9.93. The molecule has 0 fully saturated rings. The Kier molecular flexibility index (Phi) is 12.9. The second-order valence-corrected chi connectivity index (χ2v) is 7.64. The highest BCUT2D eigenvalue weighted by Crippen LogP contribution is 2.17. The summed E-state index contributed by atoms with van der Waals surface area (Å²) >= 11 is 0. The number of alkyl carbamates (subject to hydrolysis) is 1. The van der Waals surface area contributed by atoms with Crippen LogP contribution >= 0.6 is 0 Å². The van der Waals surface area contributed by atoms with Gasteiger partial charge in [-0.3, -0.25) is 4.99 Å². The van der Waals surface area contributed by atoms with Crippen molar-refractivity contribution >= 4 is 12.1 Å². The largest absolute Gasteiger partial charge is 0.444 e. The molecule has 0 aromatic heterocycles. The molecule has 0 saturated carbocycles. The predicted octanol–water partition coefficient (Wildman–Crippen LogP) is 3.44. The van der Waals surface area contributed by atoms with E-state index in [9.17, 15) is 4.79 Å². The van der Waals surface area contributed by atoms with Gasteiger partial charge in [0.25, 0.3) is 0 Å². The third-order valence-electron chi connectivity index (χ3n) is 4.22. The summed E-state index contributed by atoms with van der Waals surface area (Å²) in [6, 6.07) is 0. The van der Waals surface area contributed by atoms with Crippen LogP contribution in [0.4, 0.5) is 4.79 Å². The molecule has 0 saturated heterocycles. The van der Waals surface area contributed by atoms with E-state index in [-0.39, 0.29) is 0 Å². The molecule has 0 radical (unpaired) electrons. The molecule has 0 aliphatic carbocycles. The van der Waals surface area contributed by atoms with Gasteiger partial charge in [-0.1, -0.05) is 13.8 Å². The van der Waals surface area contributed by atoms with Crippen LogP contribution in [0.15, 0.2) is 4.99 Å². The highest BCUT2D eigenvalue weighted by molar-refractivity contribution is 5.79. The van der Waals surface area contributed by atoms with E-state index in [0.29, 0.717) is 6.54 Å². The van der Waals surface area contributed by atoms with E-state index in [0.717, 1.165) is 57.9 Å². The zero-order valence-corrected chi connectivity index (χ0v) is 18.5. The first-order valence-corrected chi connectivity index (χ1v) is 10.3. The number of ether oxygens (including phenoxy) is 2. The van der Waals surface area contributed by atoms with Gasteiger partial charge in [0, 0.05) is 26.3 Å². The van der Waals surface area contributed by atoms with Gasteiger partial charge in [-0.25, -0.2) is 4.79 Å². The topological polar surface area (TPSA) is 84.0 Å². The molecule has 0 aliphatic heterocycles. The van der Waals surface area contributed by atoms with E-state index >= 15 is 0 Å². The van der Waals surface area contributed by atoms with Gasteiger partial charge in [-0.05, 0) is 60.3 Å². The number of carbonyl (C=O) groups excluding carboxylic acids is 1. The van der Waals surface area contributed by atoms with Gasteiger partial charge in [-0.2, -0.15) is 0 Å². The third-order valence-corrected chi connectivity index (χ3v) is 4.22. The Hall–Kier alpha value is -1.50. The van der Waals surface area contributed by atoms with Crippen molar-refractivity contribution in [3.8, 4) is 0 Å². The lowest BCUT2D eigenvalue weighted by Gasteiger charge is -2.32. The normalized spacial score (nSPS) is 12.6. The second-order valence-electron chi connectivity index (χ2n) is 7.64. The third kappa shape index (κ3) is 12.5. The van der Waals surface area contributed by atoms with E-state index in [4.69, 9.17) is 14.5 Å². The van der Waals surface area contributed by atoms with Crippen molar-refractivity contribution in [1.82, 2.24) is 16.0 Å². The first-order valence-electron chi connectivity index (χ1n) is 10.3. The Morgan fingerprint density at radius 3 is 2.19 bits per heavy atom. The van der Waals surface area contributed by atoms with E-state index in [1.807, 2.05) is 34.6 Å². The number of unbranched alkanes of at least 4 members (excludes halogenated alkanes) is 1. The van der Waals surface area contributed by atoms with Crippen molar-refractivity contribution in [2.24, 2.45) is 4.99 Å². The van der Waals surface area contributed by atoms with E-state index in [2.05, 4.69) is 29.8 Å². The summed E-state index contributed by atoms with van der Waals surface area (Å²) in [6.45, 7) is 17.4. The maximum atomic E-state index is 12.2. The van der Waals surface area contributed by atoms with Crippen molar-refractivity contribution in [1.29, 1.82) is 0 Å². The van der Waals surface area contributed by atoms with Crippen molar-refractivity contribution in [2.75, 3.05) is 32.8 Å². The number of hydrogen-bond acceptors (Lipinski definition) is 4. The average molecular weight is 387 g/mol. The number of carbonyl (C=O) groups is 1. The Labute approximate surface area is 166 Å². The predicted molar refractivity (Wildman–Crippen MR) is 112 cm³/mol. The lowest BCUT2D eigenvalue weighted by molar-refractivity contribution is 0.0452. The van der Waals surface area contributed by atoms with Gasteiger partial charge in [0.15, 0.2) is 5.96 Å². The fourth-order valence-electron chi connectivity index (χ4n) is 2.46. The molecule has 0 heterocycles. The Bertz CT molecular complexity index is 429. The standard InChI is InChI=1S/C20H42N4O3/c1-8-20(9-2,24-18(25)27-19(5,6)7)16-23-17(21-10-3)22-14-12-13-15-26-11-4/h8-16H2,1-7H3,(H,24,25)(H2,21,22,23). The molecular weight excluding hydrogens is 344 g/mol. The number of nitrogens with zero attached hydrogens (tertiary/aromatic N) is 1. The van der Waals surface area contributed by atoms with Crippen molar-refractivity contribution < 1.29 is 14.3 Å². The van der Waals surface area contributed by atoms with Crippen LogP contribution in [-0.2, 0) is 9.47 Å². The second kappa shape index (κ2) is 13.6. The monoisotopic (exact) mass is 386 g/mol. The highest BCUT2D eigenvalue weighted by Gasteiger charge is 2.30.